The Balaban J connectivity index is 1.47. The highest BCUT2D eigenvalue weighted by Crippen LogP contribution is 2.20. The molecule has 0 radical (unpaired) electrons. The molecule has 0 spiro atoms. The molecule has 4 rings (SSSR count). The Labute approximate surface area is 161 Å². The zero-order valence-corrected chi connectivity index (χ0v) is 15.3. The van der Waals surface area contributed by atoms with Gasteiger partial charge >= 0.3 is 0 Å². The van der Waals surface area contributed by atoms with E-state index in [-0.39, 0.29) is 5.91 Å². The molecule has 7 heteroatoms. The molecule has 7 nitrogen and oxygen atoms in total. The summed E-state index contributed by atoms with van der Waals surface area (Å²) in [6.45, 7) is 2.28. The Morgan fingerprint density at radius 3 is 2.71 bits per heavy atom. The number of aryl methyl sites for hydroxylation is 1. The first-order valence-electron chi connectivity index (χ1n) is 8.88. The fraction of sp³-hybridized carbons (Fsp3) is 0.143. The van der Waals surface area contributed by atoms with E-state index in [1.165, 1.54) is 6.33 Å². The summed E-state index contributed by atoms with van der Waals surface area (Å²) >= 11 is 0. The summed E-state index contributed by atoms with van der Waals surface area (Å²) in [5.74, 6) is -0.273. The molecule has 0 aliphatic carbocycles. The summed E-state index contributed by atoms with van der Waals surface area (Å²) in [5, 5.41) is 18.2. The normalized spacial score (nSPS) is 12.1. The maximum absolute atomic E-state index is 12.6. The van der Waals surface area contributed by atoms with E-state index < -0.39 is 6.10 Å². The third kappa shape index (κ3) is 3.74. The predicted molar refractivity (Wildman–Crippen MR) is 106 cm³/mol. The monoisotopic (exact) mass is 373 g/mol. The van der Waals surface area contributed by atoms with Crippen molar-refractivity contribution in [3.63, 3.8) is 0 Å². The quantitative estimate of drug-likeness (QED) is 0.561. The van der Waals surface area contributed by atoms with Crippen LogP contribution in [-0.4, -0.2) is 30.8 Å². The molecule has 2 aromatic carbocycles. The van der Waals surface area contributed by atoms with Gasteiger partial charge in [-0.05, 0) is 42.3 Å². The number of benzene rings is 2. The second kappa shape index (κ2) is 7.58. The van der Waals surface area contributed by atoms with Gasteiger partial charge in [0.25, 0.3) is 5.91 Å². The van der Waals surface area contributed by atoms with Gasteiger partial charge in [-0.1, -0.05) is 30.3 Å². The van der Waals surface area contributed by atoms with Gasteiger partial charge in [-0.15, -0.1) is 0 Å². The fourth-order valence-electron chi connectivity index (χ4n) is 3.06. The maximum Gasteiger partial charge on any atom is 0.274 e. The van der Waals surface area contributed by atoms with Crippen LogP contribution in [0, 0.1) is 6.92 Å². The number of aromatic nitrogens is 4. The number of hydrogen-bond acceptors (Lipinski definition) is 5. The number of anilines is 1. The number of nitrogens with one attached hydrogen (secondary N) is 1. The Kier molecular flexibility index (Phi) is 4.82. The van der Waals surface area contributed by atoms with Gasteiger partial charge in [0.15, 0.2) is 0 Å². The van der Waals surface area contributed by atoms with Crippen LogP contribution in [0.2, 0.25) is 0 Å². The van der Waals surface area contributed by atoms with Gasteiger partial charge in [0.2, 0.25) is 0 Å². The molecule has 2 N–H and O–H groups in total. The van der Waals surface area contributed by atoms with E-state index in [4.69, 9.17) is 0 Å². The highest BCUT2D eigenvalue weighted by molar-refractivity contribution is 6.04. The van der Waals surface area contributed by atoms with E-state index in [1.54, 1.807) is 41.3 Å². The number of nitrogens with zero attached hydrogens (tertiary/aromatic N) is 4. The molecule has 0 aliphatic heterocycles. The van der Waals surface area contributed by atoms with Crippen molar-refractivity contribution in [2.24, 2.45) is 0 Å². The maximum atomic E-state index is 12.6. The molecule has 140 valence electrons. The topological polar surface area (TPSA) is 92.9 Å². The molecule has 28 heavy (non-hydrogen) atoms. The summed E-state index contributed by atoms with van der Waals surface area (Å²) in [4.78, 5) is 20.9. The van der Waals surface area contributed by atoms with Crippen LogP contribution in [-0.2, 0) is 6.54 Å². The van der Waals surface area contributed by atoms with Crippen molar-refractivity contribution in [3.05, 3.63) is 84.1 Å². The average molecular weight is 373 g/mol. The number of aliphatic hydroxyl groups is 1. The Bertz CT molecular complexity index is 1110. The average Bonchev–Trinajstić information content (AvgIpc) is 3.21. The van der Waals surface area contributed by atoms with Gasteiger partial charge in [-0.2, -0.15) is 5.10 Å². The Morgan fingerprint density at radius 1 is 1.18 bits per heavy atom. The van der Waals surface area contributed by atoms with Gasteiger partial charge in [0.1, 0.15) is 18.3 Å². The number of rotatable bonds is 5. The van der Waals surface area contributed by atoms with E-state index >= 15 is 0 Å². The van der Waals surface area contributed by atoms with Crippen LogP contribution < -0.4 is 5.32 Å². The van der Waals surface area contributed by atoms with Crippen LogP contribution >= 0.6 is 0 Å². The lowest BCUT2D eigenvalue weighted by Crippen LogP contribution is -2.14. The minimum absolute atomic E-state index is 0.273. The van der Waals surface area contributed by atoms with Crippen LogP contribution in [0.15, 0.2) is 67.3 Å². The molecule has 2 aromatic heterocycles. The van der Waals surface area contributed by atoms with E-state index in [9.17, 15) is 9.90 Å². The molecule has 0 bridgehead atoms. The van der Waals surface area contributed by atoms with Crippen LogP contribution in [0.4, 0.5) is 5.69 Å². The number of pyridine rings is 1. The second-order valence-electron chi connectivity index (χ2n) is 6.55. The SMILES string of the molecule is Cc1cc(C(=O)Nc2ccc([C@@H](O)Cn3cncn3)cc2)nc2ccccc12. The van der Waals surface area contributed by atoms with Crippen LogP contribution in [0.5, 0.6) is 0 Å². The summed E-state index contributed by atoms with van der Waals surface area (Å²) in [6.07, 6.45) is 2.26. The number of carbonyl (C=O) groups is 1. The zero-order valence-electron chi connectivity index (χ0n) is 15.3. The second-order valence-corrected chi connectivity index (χ2v) is 6.55. The first-order chi connectivity index (χ1) is 13.6. The number of hydrogen-bond donors (Lipinski definition) is 2. The third-order valence-electron chi connectivity index (χ3n) is 4.54. The van der Waals surface area contributed by atoms with E-state index in [0.717, 1.165) is 22.0 Å². The number of aliphatic hydroxyl groups excluding tert-OH is 1. The molecular weight excluding hydrogens is 354 g/mol. The van der Waals surface area contributed by atoms with Gasteiger partial charge in [0, 0.05) is 11.1 Å². The number of fused-ring (bicyclic) bond motifs is 1. The first kappa shape index (κ1) is 17.8. The van der Waals surface area contributed by atoms with Crippen molar-refractivity contribution < 1.29 is 9.90 Å². The molecular formula is C21H19N5O2. The van der Waals surface area contributed by atoms with Crippen LogP contribution in [0.1, 0.15) is 27.7 Å². The molecule has 4 aromatic rings. The smallest absolute Gasteiger partial charge is 0.274 e. The third-order valence-corrected chi connectivity index (χ3v) is 4.54. The van der Waals surface area contributed by atoms with E-state index in [1.807, 2.05) is 31.2 Å². The molecule has 1 atom stereocenters. The van der Waals surface area contributed by atoms with E-state index in [0.29, 0.717) is 17.9 Å². The molecule has 0 aliphatic rings. The van der Waals surface area contributed by atoms with Crippen molar-refractivity contribution in [1.82, 2.24) is 19.7 Å². The summed E-state index contributed by atoms with van der Waals surface area (Å²) in [6, 6.07) is 16.6. The predicted octanol–water partition coefficient (Wildman–Crippen LogP) is 3.12. The largest absolute Gasteiger partial charge is 0.386 e. The Morgan fingerprint density at radius 2 is 1.96 bits per heavy atom. The van der Waals surface area contributed by atoms with Gasteiger partial charge in [-0.25, -0.2) is 9.97 Å². The lowest BCUT2D eigenvalue weighted by Gasteiger charge is -2.12. The minimum atomic E-state index is -0.712. The number of para-hydroxylation sites is 1. The highest BCUT2D eigenvalue weighted by Gasteiger charge is 2.12. The summed E-state index contributed by atoms with van der Waals surface area (Å²) < 4.78 is 1.56. The minimum Gasteiger partial charge on any atom is -0.386 e. The van der Waals surface area contributed by atoms with Gasteiger partial charge in [0.05, 0.1) is 18.2 Å². The standard InChI is InChI=1S/C21H19N5O2/c1-14-10-19(25-18-5-3-2-4-17(14)18)21(28)24-16-8-6-15(7-9-16)20(27)11-26-13-22-12-23-26/h2-10,12-13,20,27H,11H2,1H3,(H,24,28)/t20-/m0/s1. The van der Waals surface area contributed by atoms with Crippen LogP contribution in [0.3, 0.4) is 0 Å². The van der Waals surface area contributed by atoms with E-state index in [2.05, 4.69) is 20.4 Å². The molecule has 0 unspecified atom stereocenters. The van der Waals surface area contributed by atoms with Crippen molar-refractivity contribution in [2.45, 2.75) is 19.6 Å². The summed E-state index contributed by atoms with van der Waals surface area (Å²) in [7, 11) is 0. The van der Waals surface area contributed by atoms with Gasteiger partial charge < -0.3 is 10.4 Å². The zero-order chi connectivity index (χ0) is 19.5. The van der Waals surface area contributed by atoms with Crippen molar-refractivity contribution in [1.29, 1.82) is 0 Å². The van der Waals surface area contributed by atoms with Crippen molar-refractivity contribution in [3.8, 4) is 0 Å². The lowest BCUT2D eigenvalue weighted by molar-refractivity contribution is 0.102. The van der Waals surface area contributed by atoms with Crippen LogP contribution in [0.25, 0.3) is 10.9 Å². The molecule has 1 amide bonds. The lowest BCUT2D eigenvalue weighted by atomic mass is 10.1. The number of amides is 1. The molecule has 0 saturated heterocycles. The highest BCUT2D eigenvalue weighted by atomic mass is 16.3. The van der Waals surface area contributed by atoms with Crippen molar-refractivity contribution >= 4 is 22.5 Å². The molecule has 0 fully saturated rings. The first-order valence-corrected chi connectivity index (χ1v) is 8.88. The van der Waals surface area contributed by atoms with Gasteiger partial charge in [-0.3, -0.25) is 9.48 Å². The summed E-state index contributed by atoms with van der Waals surface area (Å²) in [5.41, 5.74) is 3.52. The fourth-order valence-corrected chi connectivity index (χ4v) is 3.06. The number of carbonyl (C=O) groups excluding carboxylic acids is 1. The molecule has 2 heterocycles. The Hall–Kier alpha value is -3.58. The molecule has 0 saturated carbocycles. The van der Waals surface area contributed by atoms with Crippen molar-refractivity contribution in [2.75, 3.05) is 5.32 Å².